The van der Waals surface area contributed by atoms with Crippen molar-refractivity contribution in [1.82, 2.24) is 25.1 Å². The number of nitrogens with zero attached hydrogens (tertiary/aromatic N) is 5. The van der Waals surface area contributed by atoms with Crippen LogP contribution in [-0.4, -0.2) is 25.1 Å². The van der Waals surface area contributed by atoms with Crippen molar-refractivity contribution in [2.24, 2.45) is 0 Å². The van der Waals surface area contributed by atoms with E-state index < -0.39 is 0 Å². The lowest BCUT2D eigenvalue weighted by molar-refractivity contribution is 0.941. The maximum atomic E-state index is 4.08. The SMILES string of the molecule is C.C.Cc1ccc(C)nc1.Cc1ccc(C)nn1.Cc1cnc(C)nc1. The second-order valence-corrected chi connectivity index (χ2v) is 5.60. The van der Waals surface area contributed by atoms with Gasteiger partial charge < -0.3 is 0 Å². The van der Waals surface area contributed by atoms with Crippen LogP contribution in [0.2, 0.25) is 0 Å². The lowest BCUT2D eigenvalue weighted by Crippen LogP contribution is -1.86. The second-order valence-electron chi connectivity index (χ2n) is 5.60. The molecular weight excluding hydrogens is 322 g/mol. The van der Waals surface area contributed by atoms with Crippen molar-refractivity contribution in [3.8, 4) is 0 Å². The van der Waals surface area contributed by atoms with Crippen LogP contribution in [0.3, 0.4) is 0 Å². The molecule has 3 heterocycles. The molecule has 0 fully saturated rings. The highest BCUT2D eigenvalue weighted by Gasteiger charge is 1.83. The van der Waals surface area contributed by atoms with Gasteiger partial charge in [0.15, 0.2) is 0 Å². The Labute approximate surface area is 159 Å². The molecule has 5 heteroatoms. The summed E-state index contributed by atoms with van der Waals surface area (Å²) in [5.74, 6) is 0.829. The number of pyridine rings is 1. The second kappa shape index (κ2) is 13.6. The minimum absolute atomic E-state index is 0. The van der Waals surface area contributed by atoms with Crippen molar-refractivity contribution in [1.29, 1.82) is 0 Å². The normalized spacial score (nSPS) is 8.54. The third-order valence-electron chi connectivity index (χ3n) is 2.90. The topological polar surface area (TPSA) is 64.5 Å². The van der Waals surface area contributed by atoms with Crippen LogP contribution >= 0.6 is 0 Å². The molecule has 0 aliphatic rings. The van der Waals surface area contributed by atoms with Crippen LogP contribution in [0.1, 0.15) is 48.9 Å². The Bertz CT molecular complexity index is 538. The van der Waals surface area contributed by atoms with E-state index in [2.05, 4.69) is 31.2 Å². The fourth-order valence-electron chi connectivity index (χ4n) is 1.46. The van der Waals surface area contributed by atoms with Gasteiger partial charge in [-0.05, 0) is 70.9 Å². The summed E-state index contributed by atoms with van der Waals surface area (Å²) in [7, 11) is 0. The van der Waals surface area contributed by atoms with Crippen LogP contribution in [0.4, 0.5) is 0 Å². The van der Waals surface area contributed by atoms with E-state index in [-0.39, 0.29) is 14.9 Å². The predicted molar refractivity (Wildman–Crippen MR) is 110 cm³/mol. The number of rotatable bonds is 0. The molecule has 0 N–H and O–H groups in total. The Balaban J connectivity index is 0. The fourth-order valence-corrected chi connectivity index (χ4v) is 1.46. The lowest BCUT2D eigenvalue weighted by Gasteiger charge is -1.89. The number of aryl methyl sites for hydroxylation is 6. The third kappa shape index (κ3) is 11.8. The Kier molecular flexibility index (Phi) is 13.3. The molecule has 142 valence electrons. The van der Waals surface area contributed by atoms with Gasteiger partial charge >= 0.3 is 0 Å². The van der Waals surface area contributed by atoms with Gasteiger partial charge in [0, 0.05) is 24.3 Å². The molecule has 0 saturated carbocycles. The molecule has 3 aromatic rings. The summed E-state index contributed by atoms with van der Waals surface area (Å²) in [4.78, 5) is 12.0. The Morgan fingerprint density at radius 3 is 1.23 bits per heavy atom. The average Bonchev–Trinajstić information content (AvgIpc) is 2.57. The van der Waals surface area contributed by atoms with Gasteiger partial charge in [-0.15, -0.1) is 0 Å². The van der Waals surface area contributed by atoms with E-state index in [0.29, 0.717) is 0 Å². The van der Waals surface area contributed by atoms with Gasteiger partial charge in [-0.2, -0.15) is 10.2 Å². The summed E-state index contributed by atoms with van der Waals surface area (Å²) in [5, 5.41) is 7.66. The molecule has 0 amide bonds. The molecular formula is C21H33N5. The summed E-state index contributed by atoms with van der Waals surface area (Å²) < 4.78 is 0. The van der Waals surface area contributed by atoms with Crippen LogP contribution in [0.5, 0.6) is 0 Å². The zero-order valence-corrected chi connectivity index (χ0v) is 15.3. The van der Waals surface area contributed by atoms with Crippen molar-refractivity contribution >= 4 is 0 Å². The van der Waals surface area contributed by atoms with Crippen LogP contribution in [0.25, 0.3) is 0 Å². The summed E-state index contributed by atoms with van der Waals surface area (Å²) in [6.07, 6.45) is 5.49. The highest BCUT2D eigenvalue weighted by atomic mass is 15.1. The Hall–Kier alpha value is -2.69. The van der Waals surface area contributed by atoms with Gasteiger partial charge in [0.05, 0.1) is 11.4 Å². The van der Waals surface area contributed by atoms with Crippen molar-refractivity contribution in [2.75, 3.05) is 0 Å². The van der Waals surface area contributed by atoms with Gasteiger partial charge in [-0.3, -0.25) is 4.98 Å². The molecule has 0 saturated heterocycles. The summed E-state index contributed by atoms with van der Waals surface area (Å²) in [6.45, 7) is 11.7. The molecule has 0 spiro atoms. The monoisotopic (exact) mass is 355 g/mol. The lowest BCUT2D eigenvalue weighted by atomic mass is 10.3. The maximum Gasteiger partial charge on any atom is 0.125 e. The minimum Gasteiger partial charge on any atom is -0.261 e. The predicted octanol–water partition coefficient (Wildman–Crippen LogP) is 5.16. The first-order valence-electron chi connectivity index (χ1n) is 7.78. The summed E-state index contributed by atoms with van der Waals surface area (Å²) in [5.41, 5.74) is 5.34. The van der Waals surface area contributed by atoms with Gasteiger partial charge in [0.1, 0.15) is 5.82 Å². The van der Waals surface area contributed by atoms with E-state index in [1.54, 1.807) is 0 Å². The molecule has 0 aliphatic heterocycles. The first-order valence-corrected chi connectivity index (χ1v) is 7.78. The van der Waals surface area contributed by atoms with E-state index in [1.165, 1.54) is 5.56 Å². The molecule has 5 nitrogen and oxygen atoms in total. The zero-order chi connectivity index (χ0) is 17.9. The average molecular weight is 356 g/mol. The van der Waals surface area contributed by atoms with Crippen LogP contribution in [0.15, 0.2) is 42.9 Å². The standard InChI is InChI=1S/C7H9N.2C6H8N2.2CH4/c1-6-3-4-7(2)8-5-6;1-5-3-7-6(2)8-4-5;1-5-3-4-6(2)8-7-5;;/h3-5H,1-2H3;2*3-4H,1-2H3;2*1H4. The molecule has 3 rings (SSSR count). The summed E-state index contributed by atoms with van der Waals surface area (Å²) >= 11 is 0. The number of hydrogen-bond acceptors (Lipinski definition) is 5. The van der Waals surface area contributed by atoms with E-state index in [0.717, 1.165) is 28.5 Å². The highest BCUT2D eigenvalue weighted by molar-refractivity contribution is 5.10. The molecule has 0 radical (unpaired) electrons. The molecule has 0 aliphatic carbocycles. The summed E-state index contributed by atoms with van der Waals surface area (Å²) in [6, 6.07) is 7.96. The van der Waals surface area contributed by atoms with E-state index in [1.807, 2.05) is 78.3 Å². The minimum atomic E-state index is 0. The van der Waals surface area contributed by atoms with Crippen molar-refractivity contribution in [3.63, 3.8) is 0 Å². The molecule has 0 atom stereocenters. The van der Waals surface area contributed by atoms with E-state index in [4.69, 9.17) is 0 Å². The van der Waals surface area contributed by atoms with Crippen molar-refractivity contribution in [3.05, 3.63) is 76.9 Å². The van der Waals surface area contributed by atoms with Gasteiger partial charge in [-0.25, -0.2) is 9.97 Å². The first-order chi connectivity index (χ1) is 11.4. The molecule has 0 bridgehead atoms. The van der Waals surface area contributed by atoms with Crippen LogP contribution in [0, 0.1) is 41.5 Å². The zero-order valence-electron chi connectivity index (χ0n) is 15.3. The highest BCUT2D eigenvalue weighted by Crippen LogP contribution is 1.94. The largest absolute Gasteiger partial charge is 0.261 e. The van der Waals surface area contributed by atoms with Gasteiger partial charge in [0.25, 0.3) is 0 Å². The van der Waals surface area contributed by atoms with Gasteiger partial charge in [0.2, 0.25) is 0 Å². The fraction of sp³-hybridized carbons (Fsp3) is 0.381. The van der Waals surface area contributed by atoms with Crippen molar-refractivity contribution < 1.29 is 0 Å². The van der Waals surface area contributed by atoms with Crippen LogP contribution < -0.4 is 0 Å². The first kappa shape index (κ1) is 25.5. The maximum absolute atomic E-state index is 4.08. The van der Waals surface area contributed by atoms with Crippen molar-refractivity contribution in [2.45, 2.75) is 56.4 Å². The number of hydrogen-bond donors (Lipinski definition) is 0. The van der Waals surface area contributed by atoms with Crippen LogP contribution in [-0.2, 0) is 0 Å². The third-order valence-corrected chi connectivity index (χ3v) is 2.90. The Morgan fingerprint density at radius 1 is 0.500 bits per heavy atom. The molecule has 26 heavy (non-hydrogen) atoms. The molecule has 0 aromatic carbocycles. The quantitative estimate of drug-likeness (QED) is 0.557. The smallest absolute Gasteiger partial charge is 0.125 e. The molecule has 0 unspecified atom stereocenters. The van der Waals surface area contributed by atoms with E-state index >= 15 is 0 Å². The molecule has 3 aromatic heterocycles. The number of aromatic nitrogens is 5. The van der Waals surface area contributed by atoms with E-state index in [9.17, 15) is 0 Å². The van der Waals surface area contributed by atoms with Gasteiger partial charge in [-0.1, -0.05) is 20.9 Å². The Morgan fingerprint density at radius 2 is 0.923 bits per heavy atom.